The molecule has 0 saturated carbocycles. The van der Waals surface area contributed by atoms with Crippen molar-refractivity contribution in [3.8, 4) is 5.75 Å². The summed E-state index contributed by atoms with van der Waals surface area (Å²) in [6.07, 6.45) is -3.23. The van der Waals surface area contributed by atoms with Crippen molar-refractivity contribution in [1.29, 1.82) is 0 Å². The Kier molecular flexibility index (Phi) is 5.71. The van der Waals surface area contributed by atoms with E-state index in [0.717, 1.165) is 29.2 Å². The molecule has 4 rings (SSSR count). The second kappa shape index (κ2) is 8.50. The molecule has 1 atom stereocenters. The van der Waals surface area contributed by atoms with Crippen LogP contribution in [-0.2, 0) is 15.8 Å². The Morgan fingerprint density at radius 2 is 1.82 bits per heavy atom. The van der Waals surface area contributed by atoms with Crippen molar-refractivity contribution in [3.05, 3.63) is 89.4 Å². The standard InChI is InChI=1S/C24H18F3NO5/c1-2-32-17-6-3-5-14(13-17)21(29)19-20(18-7-4-12-33-18)28(23(31)22(19)30)16-10-8-15(9-11-16)24(25,26)27/h3-13,20,29H,2H2,1H3/b21-19-. The van der Waals surface area contributed by atoms with Crippen molar-refractivity contribution in [2.24, 2.45) is 0 Å². The molecule has 0 bridgehead atoms. The molecule has 1 aliphatic rings. The van der Waals surface area contributed by atoms with Gasteiger partial charge in [-0.05, 0) is 55.5 Å². The Morgan fingerprint density at radius 1 is 1.09 bits per heavy atom. The van der Waals surface area contributed by atoms with Gasteiger partial charge in [-0.1, -0.05) is 12.1 Å². The van der Waals surface area contributed by atoms with Crippen LogP contribution in [-0.4, -0.2) is 23.4 Å². The van der Waals surface area contributed by atoms with Crippen LogP contribution >= 0.6 is 0 Å². The lowest BCUT2D eigenvalue weighted by molar-refractivity contribution is -0.137. The molecule has 2 aromatic carbocycles. The fourth-order valence-corrected chi connectivity index (χ4v) is 3.68. The van der Waals surface area contributed by atoms with Gasteiger partial charge in [0.15, 0.2) is 0 Å². The maximum atomic E-state index is 13.0. The van der Waals surface area contributed by atoms with Crippen LogP contribution < -0.4 is 9.64 Å². The van der Waals surface area contributed by atoms with Crippen molar-refractivity contribution in [2.45, 2.75) is 19.1 Å². The zero-order chi connectivity index (χ0) is 23.8. The van der Waals surface area contributed by atoms with E-state index in [0.29, 0.717) is 12.4 Å². The zero-order valence-electron chi connectivity index (χ0n) is 17.3. The molecule has 33 heavy (non-hydrogen) atoms. The second-order valence-electron chi connectivity index (χ2n) is 7.19. The Bertz CT molecular complexity index is 1210. The van der Waals surface area contributed by atoms with Crippen LogP contribution in [0.25, 0.3) is 5.76 Å². The van der Waals surface area contributed by atoms with Gasteiger partial charge >= 0.3 is 6.18 Å². The molecule has 9 heteroatoms. The van der Waals surface area contributed by atoms with E-state index in [-0.39, 0.29) is 22.6 Å². The number of amides is 1. The highest BCUT2D eigenvalue weighted by molar-refractivity contribution is 6.51. The molecule has 1 aliphatic heterocycles. The van der Waals surface area contributed by atoms with Gasteiger partial charge in [0, 0.05) is 11.3 Å². The van der Waals surface area contributed by atoms with E-state index in [9.17, 15) is 27.9 Å². The molecular weight excluding hydrogens is 439 g/mol. The number of alkyl halides is 3. The summed E-state index contributed by atoms with van der Waals surface area (Å²) in [6, 6.07) is 12.1. The summed E-state index contributed by atoms with van der Waals surface area (Å²) in [6.45, 7) is 2.17. The number of ether oxygens (including phenoxy) is 1. The van der Waals surface area contributed by atoms with E-state index in [2.05, 4.69) is 0 Å². The van der Waals surface area contributed by atoms with Gasteiger partial charge in [0.2, 0.25) is 0 Å². The van der Waals surface area contributed by atoms with Gasteiger partial charge in [0.05, 0.1) is 24.0 Å². The summed E-state index contributed by atoms with van der Waals surface area (Å²) in [5, 5.41) is 11.0. The fourth-order valence-electron chi connectivity index (χ4n) is 3.68. The van der Waals surface area contributed by atoms with Gasteiger partial charge in [-0.3, -0.25) is 14.5 Å². The topological polar surface area (TPSA) is 80.0 Å². The maximum absolute atomic E-state index is 13.0. The summed E-state index contributed by atoms with van der Waals surface area (Å²) in [5.74, 6) is -1.83. The molecule has 1 unspecified atom stereocenters. The molecule has 0 spiro atoms. The molecule has 170 valence electrons. The average molecular weight is 457 g/mol. The highest BCUT2D eigenvalue weighted by Crippen LogP contribution is 2.43. The number of aliphatic hydroxyl groups excluding tert-OH is 1. The summed E-state index contributed by atoms with van der Waals surface area (Å²) in [7, 11) is 0. The van der Waals surface area contributed by atoms with Gasteiger partial charge in [-0.25, -0.2) is 0 Å². The van der Waals surface area contributed by atoms with Crippen LogP contribution in [0.3, 0.4) is 0 Å². The molecule has 2 heterocycles. The average Bonchev–Trinajstić information content (AvgIpc) is 3.40. The molecule has 1 N–H and O–H groups in total. The van der Waals surface area contributed by atoms with Crippen molar-refractivity contribution >= 4 is 23.1 Å². The Balaban J connectivity index is 1.85. The van der Waals surface area contributed by atoms with Crippen LogP contribution in [0.4, 0.5) is 18.9 Å². The van der Waals surface area contributed by atoms with E-state index < -0.39 is 35.2 Å². The van der Waals surface area contributed by atoms with Crippen LogP contribution in [0.5, 0.6) is 5.75 Å². The Morgan fingerprint density at radius 3 is 2.42 bits per heavy atom. The van der Waals surface area contributed by atoms with Crippen molar-refractivity contribution in [2.75, 3.05) is 11.5 Å². The molecule has 0 radical (unpaired) electrons. The summed E-state index contributed by atoms with van der Waals surface area (Å²) >= 11 is 0. The number of nitrogens with zero attached hydrogens (tertiary/aromatic N) is 1. The third-order valence-electron chi connectivity index (χ3n) is 5.15. The first-order chi connectivity index (χ1) is 15.7. The van der Waals surface area contributed by atoms with Crippen LogP contribution in [0.1, 0.15) is 29.9 Å². The number of hydrogen-bond donors (Lipinski definition) is 1. The fraction of sp³-hybridized carbons (Fsp3) is 0.167. The molecule has 1 saturated heterocycles. The first kappa shape index (κ1) is 22.2. The second-order valence-corrected chi connectivity index (χ2v) is 7.19. The lowest BCUT2D eigenvalue weighted by Crippen LogP contribution is -2.29. The third-order valence-corrected chi connectivity index (χ3v) is 5.15. The normalized spacial score (nSPS) is 18.1. The number of halogens is 3. The predicted molar refractivity (Wildman–Crippen MR) is 113 cm³/mol. The number of Topliss-reactive ketones (excluding diaryl/α,β-unsaturated/α-hetero) is 1. The monoisotopic (exact) mass is 457 g/mol. The predicted octanol–water partition coefficient (Wildman–Crippen LogP) is 5.32. The van der Waals surface area contributed by atoms with E-state index in [1.165, 1.54) is 24.5 Å². The quantitative estimate of drug-likeness (QED) is 0.319. The largest absolute Gasteiger partial charge is 0.507 e. The zero-order valence-corrected chi connectivity index (χ0v) is 17.3. The molecule has 1 fully saturated rings. The molecule has 6 nitrogen and oxygen atoms in total. The van der Waals surface area contributed by atoms with Gasteiger partial charge in [0.25, 0.3) is 11.7 Å². The van der Waals surface area contributed by atoms with Crippen molar-refractivity contribution in [3.63, 3.8) is 0 Å². The molecule has 1 aromatic heterocycles. The number of carbonyl (C=O) groups is 2. The van der Waals surface area contributed by atoms with Crippen molar-refractivity contribution in [1.82, 2.24) is 0 Å². The number of carbonyl (C=O) groups excluding carboxylic acids is 2. The van der Waals surface area contributed by atoms with Crippen LogP contribution in [0, 0.1) is 0 Å². The lowest BCUT2D eigenvalue weighted by atomic mass is 9.99. The number of furan rings is 1. The number of ketones is 1. The molecule has 1 amide bonds. The number of anilines is 1. The highest BCUT2D eigenvalue weighted by Gasteiger charge is 2.48. The van der Waals surface area contributed by atoms with Gasteiger partial charge in [0.1, 0.15) is 23.3 Å². The number of aliphatic hydroxyl groups is 1. The van der Waals surface area contributed by atoms with Gasteiger partial charge < -0.3 is 14.3 Å². The first-order valence-corrected chi connectivity index (χ1v) is 9.97. The SMILES string of the molecule is CCOc1cccc(/C(O)=C2/C(=O)C(=O)N(c3ccc(C(F)(F)F)cc3)C2c2ccco2)c1. The van der Waals surface area contributed by atoms with E-state index in [1.807, 2.05) is 0 Å². The molecular formula is C24H18F3NO5. The van der Waals surface area contributed by atoms with Crippen LogP contribution in [0.15, 0.2) is 76.9 Å². The van der Waals surface area contributed by atoms with E-state index >= 15 is 0 Å². The number of benzene rings is 2. The first-order valence-electron chi connectivity index (χ1n) is 9.97. The Hall–Kier alpha value is -4.01. The van der Waals surface area contributed by atoms with E-state index in [1.54, 1.807) is 25.1 Å². The minimum absolute atomic E-state index is 0.0496. The number of rotatable bonds is 5. The summed E-state index contributed by atoms with van der Waals surface area (Å²) < 4.78 is 49.8. The minimum atomic E-state index is -4.56. The molecule has 0 aliphatic carbocycles. The lowest BCUT2D eigenvalue weighted by Gasteiger charge is -2.23. The summed E-state index contributed by atoms with van der Waals surface area (Å²) in [4.78, 5) is 26.9. The van der Waals surface area contributed by atoms with E-state index in [4.69, 9.17) is 9.15 Å². The molecule has 3 aromatic rings. The van der Waals surface area contributed by atoms with Crippen molar-refractivity contribution < 1.29 is 37.0 Å². The summed E-state index contributed by atoms with van der Waals surface area (Å²) in [5.41, 5.74) is -0.856. The highest BCUT2D eigenvalue weighted by atomic mass is 19.4. The van der Waals surface area contributed by atoms with Crippen LogP contribution in [0.2, 0.25) is 0 Å². The maximum Gasteiger partial charge on any atom is 0.416 e. The van der Waals surface area contributed by atoms with Gasteiger partial charge in [-0.2, -0.15) is 13.2 Å². The third kappa shape index (κ3) is 4.09. The Labute approximate surface area is 186 Å². The van der Waals surface area contributed by atoms with Gasteiger partial charge in [-0.15, -0.1) is 0 Å². The number of hydrogen-bond acceptors (Lipinski definition) is 5. The minimum Gasteiger partial charge on any atom is -0.507 e. The smallest absolute Gasteiger partial charge is 0.416 e.